The van der Waals surface area contributed by atoms with Gasteiger partial charge in [-0.2, -0.15) is 0 Å². The summed E-state index contributed by atoms with van der Waals surface area (Å²) in [6, 6.07) is 3.28. The molecule has 2 N–H and O–H groups in total. The van der Waals surface area contributed by atoms with E-state index in [0.717, 1.165) is 11.3 Å². The van der Waals surface area contributed by atoms with Crippen molar-refractivity contribution >= 4 is 23.2 Å². The molecule has 0 saturated carbocycles. The molecule has 0 radical (unpaired) electrons. The molecule has 1 aromatic carbocycles. The Bertz CT molecular complexity index is 819. The zero-order valence-electron chi connectivity index (χ0n) is 15.2. The second kappa shape index (κ2) is 7.24. The SMILES string of the molecule is COc1cc([C@H]2NC(=S)NC(C)=C2C(=O)N2CCOCC2)cc2c1OCO2. The van der Waals surface area contributed by atoms with Gasteiger partial charge >= 0.3 is 0 Å². The number of allylic oxidation sites excluding steroid dienone is 1. The smallest absolute Gasteiger partial charge is 0.254 e. The second-order valence-corrected chi connectivity index (χ2v) is 6.84. The van der Waals surface area contributed by atoms with Crippen LogP contribution in [0, 0.1) is 0 Å². The Morgan fingerprint density at radius 2 is 2.07 bits per heavy atom. The molecule has 0 aromatic heterocycles. The molecule has 1 atom stereocenters. The van der Waals surface area contributed by atoms with Gasteiger partial charge in [0.05, 0.1) is 31.9 Å². The maximum Gasteiger partial charge on any atom is 0.254 e. The number of ether oxygens (including phenoxy) is 4. The highest BCUT2D eigenvalue weighted by molar-refractivity contribution is 7.80. The number of benzene rings is 1. The van der Waals surface area contributed by atoms with Gasteiger partial charge in [-0.15, -0.1) is 0 Å². The Morgan fingerprint density at radius 1 is 1.30 bits per heavy atom. The number of nitrogens with zero attached hydrogens (tertiary/aromatic N) is 1. The fourth-order valence-electron chi connectivity index (χ4n) is 3.48. The first kappa shape index (κ1) is 17.9. The molecule has 1 amide bonds. The molecule has 1 fully saturated rings. The Kier molecular flexibility index (Phi) is 4.79. The van der Waals surface area contributed by atoms with Crippen molar-refractivity contribution in [2.75, 3.05) is 40.2 Å². The average molecular weight is 391 g/mol. The van der Waals surface area contributed by atoms with Crippen molar-refractivity contribution < 1.29 is 23.7 Å². The van der Waals surface area contributed by atoms with E-state index in [1.54, 1.807) is 12.0 Å². The normalized spacial score (nSPS) is 21.6. The van der Waals surface area contributed by atoms with Crippen molar-refractivity contribution in [3.05, 3.63) is 29.0 Å². The Morgan fingerprint density at radius 3 is 2.81 bits per heavy atom. The Labute approximate surface area is 162 Å². The van der Waals surface area contributed by atoms with Gasteiger partial charge in [-0.3, -0.25) is 4.79 Å². The number of rotatable bonds is 3. The lowest BCUT2D eigenvalue weighted by atomic mass is 9.93. The molecule has 27 heavy (non-hydrogen) atoms. The topological polar surface area (TPSA) is 81.3 Å². The lowest BCUT2D eigenvalue weighted by molar-refractivity contribution is -0.131. The summed E-state index contributed by atoms with van der Waals surface area (Å²) in [5, 5.41) is 6.74. The van der Waals surface area contributed by atoms with Crippen LogP contribution in [0.5, 0.6) is 17.2 Å². The third-order valence-corrected chi connectivity index (χ3v) is 5.03. The number of hydrogen-bond acceptors (Lipinski definition) is 6. The molecule has 4 rings (SSSR count). The maximum absolute atomic E-state index is 13.2. The van der Waals surface area contributed by atoms with Gasteiger partial charge in [-0.25, -0.2) is 0 Å². The molecule has 3 heterocycles. The van der Waals surface area contributed by atoms with Gasteiger partial charge in [-0.1, -0.05) is 0 Å². The summed E-state index contributed by atoms with van der Waals surface area (Å²) >= 11 is 5.33. The van der Waals surface area contributed by atoms with Crippen molar-refractivity contribution in [1.29, 1.82) is 0 Å². The quantitative estimate of drug-likeness (QED) is 0.741. The van der Waals surface area contributed by atoms with Crippen molar-refractivity contribution in [2.45, 2.75) is 13.0 Å². The van der Waals surface area contributed by atoms with Crippen LogP contribution in [0.25, 0.3) is 0 Å². The van der Waals surface area contributed by atoms with Crippen molar-refractivity contribution in [1.82, 2.24) is 15.5 Å². The minimum absolute atomic E-state index is 0.0417. The van der Waals surface area contributed by atoms with Crippen LogP contribution < -0.4 is 24.8 Å². The van der Waals surface area contributed by atoms with Crippen molar-refractivity contribution in [2.24, 2.45) is 0 Å². The first-order chi connectivity index (χ1) is 13.1. The fraction of sp³-hybridized carbons (Fsp3) is 0.444. The first-order valence-corrected chi connectivity index (χ1v) is 9.12. The number of carbonyl (C=O) groups is 1. The molecule has 144 valence electrons. The Hall–Kier alpha value is -2.52. The summed E-state index contributed by atoms with van der Waals surface area (Å²) in [5.41, 5.74) is 2.17. The Balaban J connectivity index is 1.74. The summed E-state index contributed by atoms with van der Waals surface area (Å²) in [7, 11) is 1.57. The third-order valence-electron chi connectivity index (χ3n) is 4.81. The van der Waals surface area contributed by atoms with Gasteiger partial charge in [0.2, 0.25) is 12.5 Å². The highest BCUT2D eigenvalue weighted by Crippen LogP contribution is 2.44. The van der Waals surface area contributed by atoms with E-state index in [1.165, 1.54) is 0 Å². The monoisotopic (exact) mass is 391 g/mol. The lowest BCUT2D eigenvalue weighted by Crippen LogP contribution is -2.49. The number of fused-ring (bicyclic) bond motifs is 1. The molecular weight excluding hydrogens is 370 g/mol. The summed E-state index contributed by atoms with van der Waals surface area (Å²) < 4.78 is 21.8. The van der Waals surface area contributed by atoms with Gasteiger partial charge < -0.3 is 34.5 Å². The minimum Gasteiger partial charge on any atom is -0.493 e. The molecule has 8 nitrogen and oxygen atoms in total. The molecule has 0 spiro atoms. The number of nitrogens with one attached hydrogen (secondary N) is 2. The summed E-state index contributed by atoms with van der Waals surface area (Å²) in [4.78, 5) is 15.0. The molecular formula is C18H21N3O5S. The van der Waals surface area contributed by atoms with Gasteiger partial charge in [0.25, 0.3) is 5.91 Å². The van der Waals surface area contributed by atoms with Crippen LogP contribution in [0.15, 0.2) is 23.4 Å². The van der Waals surface area contributed by atoms with Crippen LogP contribution in [0.1, 0.15) is 18.5 Å². The number of amides is 1. The van der Waals surface area contributed by atoms with Crippen LogP contribution in [0.4, 0.5) is 0 Å². The number of thiocarbonyl (C=S) groups is 1. The van der Waals surface area contributed by atoms with Crippen molar-refractivity contribution in [3.63, 3.8) is 0 Å². The van der Waals surface area contributed by atoms with Crippen molar-refractivity contribution in [3.8, 4) is 17.2 Å². The number of hydrogen-bond donors (Lipinski definition) is 2. The zero-order chi connectivity index (χ0) is 19.0. The van der Waals surface area contributed by atoms with E-state index in [-0.39, 0.29) is 12.7 Å². The standard InChI is InChI=1S/C18H21N3O5S/c1-10-14(17(22)21-3-5-24-6-4-21)15(20-18(27)19-10)11-7-12(23-2)16-13(8-11)25-9-26-16/h7-8,15H,3-6,9H2,1-2H3,(H2,19,20,27)/t15-/m1/s1. The fourth-order valence-corrected chi connectivity index (χ4v) is 3.75. The second-order valence-electron chi connectivity index (χ2n) is 6.43. The highest BCUT2D eigenvalue weighted by atomic mass is 32.1. The largest absolute Gasteiger partial charge is 0.493 e. The molecule has 3 aliphatic heterocycles. The number of carbonyl (C=O) groups excluding carboxylic acids is 1. The van der Waals surface area contributed by atoms with E-state index >= 15 is 0 Å². The average Bonchev–Trinajstić information content (AvgIpc) is 3.15. The summed E-state index contributed by atoms with van der Waals surface area (Å²) in [6.07, 6.45) is 0. The van der Waals surface area contributed by atoms with E-state index in [1.807, 2.05) is 19.1 Å². The van der Waals surface area contributed by atoms with E-state index in [4.69, 9.17) is 31.2 Å². The molecule has 9 heteroatoms. The van der Waals surface area contributed by atoms with E-state index in [0.29, 0.717) is 54.2 Å². The van der Waals surface area contributed by atoms with Gasteiger partial charge in [-0.05, 0) is 36.8 Å². The summed E-state index contributed by atoms with van der Waals surface area (Å²) in [6.45, 7) is 4.22. The number of methoxy groups -OCH3 is 1. The molecule has 0 bridgehead atoms. The molecule has 3 aliphatic rings. The molecule has 1 aromatic rings. The number of morpholine rings is 1. The van der Waals surface area contributed by atoms with Gasteiger partial charge in [0, 0.05) is 18.8 Å². The predicted octanol–water partition coefficient (Wildman–Crippen LogP) is 1.08. The maximum atomic E-state index is 13.2. The van der Waals surface area contributed by atoms with Crippen LogP contribution >= 0.6 is 12.2 Å². The lowest BCUT2D eigenvalue weighted by Gasteiger charge is -2.35. The summed E-state index contributed by atoms with van der Waals surface area (Å²) in [5.74, 6) is 1.67. The minimum atomic E-state index is -0.419. The van der Waals surface area contributed by atoms with E-state index in [2.05, 4.69) is 10.6 Å². The third kappa shape index (κ3) is 3.28. The van der Waals surface area contributed by atoms with Gasteiger partial charge in [0.15, 0.2) is 16.6 Å². The van der Waals surface area contributed by atoms with Crippen LogP contribution in [-0.2, 0) is 9.53 Å². The van der Waals surface area contributed by atoms with Crippen LogP contribution in [0.2, 0.25) is 0 Å². The van der Waals surface area contributed by atoms with Crippen LogP contribution in [0.3, 0.4) is 0 Å². The molecule has 0 aliphatic carbocycles. The van der Waals surface area contributed by atoms with Crippen LogP contribution in [-0.4, -0.2) is 56.1 Å². The van der Waals surface area contributed by atoms with E-state index < -0.39 is 6.04 Å². The zero-order valence-corrected chi connectivity index (χ0v) is 16.0. The van der Waals surface area contributed by atoms with Gasteiger partial charge in [0.1, 0.15) is 0 Å². The first-order valence-electron chi connectivity index (χ1n) is 8.71. The predicted molar refractivity (Wildman–Crippen MR) is 101 cm³/mol. The molecule has 0 unspecified atom stereocenters. The molecule has 1 saturated heterocycles. The van der Waals surface area contributed by atoms with E-state index in [9.17, 15) is 4.79 Å². The highest BCUT2D eigenvalue weighted by Gasteiger charge is 2.34.